The molecule has 0 aromatic heterocycles. The van der Waals surface area contributed by atoms with E-state index < -0.39 is 13.1 Å². The Balaban J connectivity index is 1.57. The summed E-state index contributed by atoms with van der Waals surface area (Å²) in [7, 11) is 3.49. The van der Waals surface area contributed by atoms with E-state index in [9.17, 15) is 0 Å². The number of fused-ring (bicyclic) bond motifs is 1. The molecule has 118 valence electrons. The third-order valence-corrected chi connectivity index (χ3v) is 16.5. The lowest BCUT2D eigenvalue weighted by atomic mass is 10.1. The quantitative estimate of drug-likeness (QED) is 0.452. The van der Waals surface area contributed by atoms with Crippen molar-refractivity contribution in [1.29, 1.82) is 0 Å². The van der Waals surface area contributed by atoms with Crippen LogP contribution in [-0.2, 0) is 4.74 Å². The monoisotopic (exact) mass is 372 g/mol. The molecule has 2 nitrogen and oxygen atoms in total. The molecule has 22 heavy (non-hydrogen) atoms. The zero-order valence-corrected chi connectivity index (χ0v) is 16.4. The smallest absolute Gasteiger partial charge is 0.265 e. The van der Waals surface area contributed by atoms with Gasteiger partial charge in [-0.25, -0.2) is 0 Å². The summed E-state index contributed by atoms with van der Waals surface area (Å²) < 4.78 is 10.7. The molecule has 0 heterocycles. The lowest BCUT2D eigenvalue weighted by Crippen LogP contribution is -2.11. The molecule has 0 aliphatic heterocycles. The third kappa shape index (κ3) is 3.57. The van der Waals surface area contributed by atoms with Gasteiger partial charge in [0.25, 0.3) is 11.0 Å². The molecule has 0 radical (unpaired) electrons. The van der Waals surface area contributed by atoms with E-state index in [4.69, 9.17) is 21.7 Å². The molecule has 1 aromatic carbocycles. The third-order valence-electron chi connectivity index (χ3n) is 4.43. The maximum absolute atomic E-state index is 5.46. The van der Waals surface area contributed by atoms with Gasteiger partial charge in [0.1, 0.15) is 11.4 Å². The molecule has 0 saturated heterocycles. The average molecular weight is 372 g/mol. The summed E-state index contributed by atoms with van der Waals surface area (Å²) in [5.74, 6) is 2.43. The topological polar surface area (TPSA) is 18.5 Å². The molecule has 6 heteroatoms. The summed E-state index contributed by atoms with van der Waals surface area (Å²) in [5.41, 5.74) is 0.764. The minimum absolute atomic E-state index is 0.308. The highest BCUT2D eigenvalue weighted by Crippen LogP contribution is 2.77. The van der Waals surface area contributed by atoms with Crippen molar-refractivity contribution in [3.8, 4) is 5.75 Å². The molecule has 0 bridgehead atoms. The summed E-state index contributed by atoms with van der Waals surface area (Å²) in [6.07, 6.45) is 9.70. The predicted molar refractivity (Wildman–Crippen MR) is 107 cm³/mol. The van der Waals surface area contributed by atoms with E-state index in [1.54, 1.807) is 14.2 Å². The van der Waals surface area contributed by atoms with Crippen LogP contribution in [0.1, 0.15) is 6.42 Å². The van der Waals surface area contributed by atoms with Crippen LogP contribution in [0.2, 0.25) is 0 Å². The highest BCUT2D eigenvalue weighted by Gasteiger charge is 2.61. The summed E-state index contributed by atoms with van der Waals surface area (Å²) in [6.45, 7) is -0.443. The minimum atomic E-state index is -0.730. The minimum Gasteiger partial charge on any atom is -0.497 e. The van der Waals surface area contributed by atoms with Crippen LogP contribution in [0, 0.1) is 11.8 Å². The van der Waals surface area contributed by atoms with Crippen LogP contribution in [0.3, 0.4) is 0 Å². The van der Waals surface area contributed by atoms with Gasteiger partial charge in [-0.1, -0.05) is 12.2 Å². The van der Waals surface area contributed by atoms with Crippen molar-refractivity contribution in [3.63, 3.8) is 0 Å². The molecule has 1 aromatic rings. The molecule has 1 fully saturated rings. The standard InChI is InChI=1S/C16H21O2P2S2/c1-17-11-4-7-13(8-5-11)19(3)22-20(21)16-14-9-6-12(18-2)10-15(14)16/h4-9,12,14-16,21H,3,10H2,1-2H3/q+1/p+1. The summed E-state index contributed by atoms with van der Waals surface area (Å²) >= 11 is 6.99. The first-order valence-electron chi connectivity index (χ1n) is 7.33. The van der Waals surface area contributed by atoms with Crippen LogP contribution in [-0.4, -0.2) is 32.3 Å². The van der Waals surface area contributed by atoms with E-state index in [1.807, 2.05) is 23.1 Å². The van der Waals surface area contributed by atoms with Crippen LogP contribution in [0.4, 0.5) is 0 Å². The maximum atomic E-state index is 5.46. The summed E-state index contributed by atoms with van der Waals surface area (Å²) in [4.78, 5) is 0. The van der Waals surface area contributed by atoms with Gasteiger partial charge in [0.2, 0.25) is 6.75 Å². The van der Waals surface area contributed by atoms with E-state index in [2.05, 4.69) is 30.6 Å². The number of methoxy groups -OCH3 is 2. The Bertz CT molecular complexity index is 576. The van der Waals surface area contributed by atoms with Crippen molar-refractivity contribution in [2.75, 3.05) is 14.2 Å². The number of allylic oxidation sites excluding steroid dienone is 1. The van der Waals surface area contributed by atoms with Crippen LogP contribution in [0.5, 0.6) is 5.75 Å². The van der Waals surface area contributed by atoms with Crippen molar-refractivity contribution >= 4 is 47.9 Å². The molecule has 6 unspecified atom stereocenters. The molecule has 0 spiro atoms. The largest absolute Gasteiger partial charge is 0.497 e. The Morgan fingerprint density at radius 3 is 2.64 bits per heavy atom. The predicted octanol–water partition coefficient (Wildman–Crippen LogP) is 4.45. The van der Waals surface area contributed by atoms with Crippen molar-refractivity contribution in [2.24, 2.45) is 11.8 Å². The first kappa shape index (κ1) is 16.9. The molecular formula is C16H22O2P2S2+2. The number of benzene rings is 1. The van der Waals surface area contributed by atoms with Crippen molar-refractivity contribution in [2.45, 2.75) is 18.2 Å². The Morgan fingerprint density at radius 2 is 2.00 bits per heavy atom. The molecule has 2 aliphatic rings. The van der Waals surface area contributed by atoms with Gasteiger partial charge in [0.15, 0.2) is 11.6 Å². The normalized spacial score (nSPS) is 31.3. The van der Waals surface area contributed by atoms with Gasteiger partial charge in [0, 0.05) is 31.2 Å². The second-order valence-electron chi connectivity index (χ2n) is 5.67. The van der Waals surface area contributed by atoms with Crippen LogP contribution >= 0.6 is 36.3 Å². The number of ether oxygens (including phenoxy) is 2. The summed E-state index contributed by atoms with van der Waals surface area (Å²) in [5, 5.41) is 1.31. The van der Waals surface area contributed by atoms with Crippen LogP contribution in [0.25, 0.3) is 0 Å². The first-order valence-corrected chi connectivity index (χ1v) is 13.9. The van der Waals surface area contributed by atoms with Crippen molar-refractivity contribution < 1.29 is 9.47 Å². The average Bonchev–Trinajstić information content (AvgIpc) is 3.28. The second kappa shape index (κ2) is 7.28. The number of hydrogen-bond donors (Lipinski definition) is 1. The Morgan fingerprint density at radius 1 is 1.27 bits per heavy atom. The van der Waals surface area contributed by atoms with Gasteiger partial charge in [-0.05, 0) is 30.7 Å². The van der Waals surface area contributed by atoms with Crippen molar-refractivity contribution in [1.82, 2.24) is 0 Å². The van der Waals surface area contributed by atoms with Crippen LogP contribution < -0.4 is 10.0 Å². The lowest BCUT2D eigenvalue weighted by molar-refractivity contribution is 0.124. The Hall–Kier alpha value is 0.0200. The zero-order valence-electron chi connectivity index (χ0n) is 12.8. The lowest BCUT2D eigenvalue weighted by Gasteiger charge is -2.12. The molecule has 2 aliphatic carbocycles. The number of rotatable bonds is 6. The van der Waals surface area contributed by atoms with Gasteiger partial charge < -0.3 is 9.47 Å². The number of hydrogen-bond acceptors (Lipinski definition) is 4. The molecule has 1 saturated carbocycles. The van der Waals surface area contributed by atoms with Gasteiger partial charge >= 0.3 is 0 Å². The fraction of sp³-hybridized carbons (Fsp3) is 0.438. The molecule has 3 rings (SSSR count). The summed E-state index contributed by atoms with van der Waals surface area (Å²) in [6, 6.07) is 8.30. The molecule has 6 atom stereocenters. The fourth-order valence-corrected chi connectivity index (χ4v) is 15.8. The Kier molecular flexibility index (Phi) is 5.58. The molecule has 0 N–H and O–H groups in total. The van der Waals surface area contributed by atoms with E-state index in [1.165, 1.54) is 5.30 Å². The van der Waals surface area contributed by atoms with E-state index >= 15 is 0 Å². The first-order chi connectivity index (χ1) is 10.6. The van der Waals surface area contributed by atoms with Crippen LogP contribution in [0.15, 0.2) is 36.4 Å². The van der Waals surface area contributed by atoms with Gasteiger partial charge in [-0.2, -0.15) is 0 Å². The van der Waals surface area contributed by atoms with Crippen molar-refractivity contribution in [3.05, 3.63) is 36.4 Å². The second-order valence-corrected chi connectivity index (χ2v) is 15.7. The zero-order chi connectivity index (χ0) is 15.7. The SMILES string of the molecule is C=[P+](S[PH+](S)C1C2C=CC(OC)CC21)c1ccc(OC)cc1. The highest BCUT2D eigenvalue weighted by molar-refractivity contribution is 9.00. The van der Waals surface area contributed by atoms with E-state index in [0.717, 1.165) is 29.7 Å². The van der Waals surface area contributed by atoms with E-state index in [-0.39, 0.29) is 0 Å². The maximum Gasteiger partial charge on any atom is 0.265 e. The molecular weight excluding hydrogens is 350 g/mol. The highest BCUT2D eigenvalue weighted by atomic mass is 33.2. The Labute approximate surface area is 143 Å². The fourth-order valence-electron chi connectivity index (χ4n) is 3.06. The van der Waals surface area contributed by atoms with Gasteiger partial charge in [-0.15, -0.1) is 0 Å². The van der Waals surface area contributed by atoms with Gasteiger partial charge in [0.05, 0.1) is 19.5 Å². The number of thiol groups is 1. The molecule has 0 amide bonds. The van der Waals surface area contributed by atoms with E-state index in [0.29, 0.717) is 6.10 Å². The van der Waals surface area contributed by atoms with Gasteiger partial charge in [-0.3, -0.25) is 0 Å².